The van der Waals surface area contributed by atoms with Crippen LogP contribution in [0.3, 0.4) is 0 Å². The fourth-order valence-corrected chi connectivity index (χ4v) is 4.42. The lowest BCUT2D eigenvalue weighted by Gasteiger charge is -2.24. The van der Waals surface area contributed by atoms with E-state index in [1.54, 1.807) is 0 Å². The highest BCUT2D eigenvalue weighted by atomic mass is 14.7. The third kappa shape index (κ3) is 2.70. The van der Waals surface area contributed by atoms with Gasteiger partial charge in [-0.05, 0) is 55.3 Å². The predicted molar refractivity (Wildman–Crippen MR) is 74.7 cm³/mol. The summed E-state index contributed by atoms with van der Waals surface area (Å²) in [4.78, 5) is 0. The largest absolute Gasteiger partial charge is 0.328 e. The minimum Gasteiger partial charge on any atom is -0.328 e. The predicted octanol–water partition coefficient (Wildman–Crippen LogP) is 4.07. The SMILES string of the molecule is CCCC1CCC2C(C1)C2C(C)C(C)C(C)N. The van der Waals surface area contributed by atoms with Crippen LogP contribution in [0.5, 0.6) is 0 Å². The summed E-state index contributed by atoms with van der Waals surface area (Å²) in [6.07, 6.45) is 7.38. The van der Waals surface area contributed by atoms with Gasteiger partial charge in [0.1, 0.15) is 0 Å². The Kier molecular flexibility index (Phi) is 4.18. The molecule has 0 amide bonds. The van der Waals surface area contributed by atoms with E-state index in [0.29, 0.717) is 12.0 Å². The first-order chi connectivity index (χ1) is 8.06. The van der Waals surface area contributed by atoms with Crippen molar-refractivity contribution in [3.05, 3.63) is 0 Å². The smallest absolute Gasteiger partial charge is 0.00387 e. The molecule has 1 nitrogen and oxygen atoms in total. The van der Waals surface area contributed by atoms with Crippen molar-refractivity contribution in [1.82, 2.24) is 0 Å². The standard InChI is InChI=1S/C16H31N/c1-5-6-13-7-8-14-15(9-13)16(14)11(3)10(2)12(4)17/h10-16H,5-9,17H2,1-4H3. The first-order valence-electron chi connectivity index (χ1n) is 7.81. The van der Waals surface area contributed by atoms with Crippen LogP contribution in [-0.2, 0) is 0 Å². The molecule has 2 aliphatic rings. The van der Waals surface area contributed by atoms with Gasteiger partial charge < -0.3 is 5.73 Å². The van der Waals surface area contributed by atoms with Gasteiger partial charge in [-0.1, -0.05) is 40.0 Å². The van der Waals surface area contributed by atoms with Crippen LogP contribution in [0.15, 0.2) is 0 Å². The fourth-order valence-electron chi connectivity index (χ4n) is 4.42. The van der Waals surface area contributed by atoms with Crippen molar-refractivity contribution >= 4 is 0 Å². The highest BCUT2D eigenvalue weighted by Gasteiger charge is 2.55. The summed E-state index contributed by atoms with van der Waals surface area (Å²) in [6, 6.07) is 0.360. The molecule has 100 valence electrons. The van der Waals surface area contributed by atoms with Crippen molar-refractivity contribution in [3.63, 3.8) is 0 Å². The van der Waals surface area contributed by atoms with Gasteiger partial charge in [0.2, 0.25) is 0 Å². The highest BCUT2D eigenvalue weighted by Crippen LogP contribution is 2.61. The summed E-state index contributed by atoms with van der Waals surface area (Å²) in [5.74, 6) is 5.72. The van der Waals surface area contributed by atoms with Crippen LogP contribution in [0.2, 0.25) is 0 Å². The maximum atomic E-state index is 6.07. The number of rotatable bonds is 5. The maximum Gasteiger partial charge on any atom is 0.00387 e. The molecular weight excluding hydrogens is 206 g/mol. The third-order valence-corrected chi connectivity index (χ3v) is 5.87. The minimum atomic E-state index is 0.360. The maximum absolute atomic E-state index is 6.07. The first kappa shape index (κ1) is 13.4. The molecule has 2 saturated carbocycles. The van der Waals surface area contributed by atoms with Gasteiger partial charge in [-0.15, -0.1) is 0 Å². The quantitative estimate of drug-likeness (QED) is 0.766. The van der Waals surface area contributed by atoms with Crippen molar-refractivity contribution in [2.24, 2.45) is 41.2 Å². The van der Waals surface area contributed by atoms with Crippen molar-refractivity contribution in [2.45, 2.75) is 65.8 Å². The Balaban J connectivity index is 1.86. The molecule has 0 radical (unpaired) electrons. The number of nitrogens with two attached hydrogens (primary N) is 1. The lowest BCUT2D eigenvalue weighted by molar-refractivity contribution is 0.284. The van der Waals surface area contributed by atoms with Crippen LogP contribution in [0.1, 0.15) is 59.8 Å². The molecule has 0 aromatic heterocycles. The average Bonchev–Trinajstić information content (AvgIpc) is 3.00. The van der Waals surface area contributed by atoms with Crippen LogP contribution in [-0.4, -0.2) is 6.04 Å². The molecule has 7 unspecified atom stereocenters. The summed E-state index contributed by atoms with van der Waals surface area (Å²) in [7, 11) is 0. The Bertz CT molecular complexity index is 248. The molecule has 0 heterocycles. The zero-order chi connectivity index (χ0) is 12.6. The summed E-state index contributed by atoms with van der Waals surface area (Å²) in [5.41, 5.74) is 6.07. The number of fused-ring (bicyclic) bond motifs is 1. The molecule has 17 heavy (non-hydrogen) atoms. The summed E-state index contributed by atoms with van der Waals surface area (Å²) in [5, 5.41) is 0. The van der Waals surface area contributed by atoms with Gasteiger partial charge in [0.05, 0.1) is 0 Å². The molecule has 0 spiro atoms. The van der Waals surface area contributed by atoms with Crippen molar-refractivity contribution in [1.29, 1.82) is 0 Å². The Morgan fingerprint density at radius 2 is 1.82 bits per heavy atom. The van der Waals surface area contributed by atoms with Gasteiger partial charge in [-0.2, -0.15) is 0 Å². The molecule has 0 bridgehead atoms. The van der Waals surface area contributed by atoms with E-state index in [0.717, 1.165) is 29.6 Å². The molecule has 0 saturated heterocycles. The van der Waals surface area contributed by atoms with Crippen molar-refractivity contribution < 1.29 is 0 Å². The molecule has 2 rings (SSSR count). The van der Waals surface area contributed by atoms with E-state index in [1.165, 1.54) is 32.1 Å². The van der Waals surface area contributed by atoms with Crippen LogP contribution in [0, 0.1) is 35.5 Å². The van der Waals surface area contributed by atoms with Gasteiger partial charge in [-0.3, -0.25) is 0 Å². The summed E-state index contributed by atoms with van der Waals surface area (Å²) >= 11 is 0. The molecule has 1 heteroatoms. The monoisotopic (exact) mass is 237 g/mol. The molecule has 0 aromatic carbocycles. The van der Waals surface area contributed by atoms with E-state index in [1.807, 2.05) is 0 Å². The topological polar surface area (TPSA) is 26.0 Å². The average molecular weight is 237 g/mol. The number of hydrogen-bond acceptors (Lipinski definition) is 1. The van der Waals surface area contributed by atoms with Crippen LogP contribution >= 0.6 is 0 Å². The minimum absolute atomic E-state index is 0.360. The van der Waals surface area contributed by atoms with Gasteiger partial charge >= 0.3 is 0 Å². The molecule has 2 fully saturated rings. The Hall–Kier alpha value is -0.0400. The fraction of sp³-hybridized carbons (Fsp3) is 1.00. The Morgan fingerprint density at radius 3 is 2.41 bits per heavy atom. The summed E-state index contributed by atoms with van der Waals surface area (Å²) < 4.78 is 0. The van der Waals surface area contributed by atoms with Gasteiger partial charge in [-0.25, -0.2) is 0 Å². The van der Waals surface area contributed by atoms with Crippen molar-refractivity contribution in [2.75, 3.05) is 0 Å². The van der Waals surface area contributed by atoms with Crippen molar-refractivity contribution in [3.8, 4) is 0 Å². The van der Waals surface area contributed by atoms with E-state index in [9.17, 15) is 0 Å². The van der Waals surface area contributed by atoms with E-state index in [-0.39, 0.29) is 0 Å². The van der Waals surface area contributed by atoms with Crippen LogP contribution in [0.4, 0.5) is 0 Å². The van der Waals surface area contributed by atoms with E-state index in [4.69, 9.17) is 5.73 Å². The summed E-state index contributed by atoms with van der Waals surface area (Å²) in [6.45, 7) is 9.30. The molecular formula is C16H31N. The van der Waals surface area contributed by atoms with E-state index in [2.05, 4.69) is 27.7 Å². The first-order valence-corrected chi connectivity index (χ1v) is 7.81. The lowest BCUT2D eigenvalue weighted by Crippen LogP contribution is -2.30. The zero-order valence-corrected chi connectivity index (χ0v) is 12.2. The van der Waals surface area contributed by atoms with E-state index >= 15 is 0 Å². The molecule has 0 aromatic rings. The molecule has 2 aliphatic carbocycles. The number of hydrogen-bond donors (Lipinski definition) is 1. The second-order valence-corrected chi connectivity index (χ2v) is 6.95. The molecule has 2 N–H and O–H groups in total. The van der Waals surface area contributed by atoms with Gasteiger partial charge in [0.15, 0.2) is 0 Å². The highest BCUT2D eigenvalue weighted by molar-refractivity contribution is 5.04. The lowest BCUT2D eigenvalue weighted by atomic mass is 9.85. The van der Waals surface area contributed by atoms with Gasteiger partial charge in [0, 0.05) is 6.04 Å². The van der Waals surface area contributed by atoms with E-state index < -0.39 is 0 Å². The third-order valence-electron chi connectivity index (χ3n) is 5.87. The van der Waals surface area contributed by atoms with Crippen LogP contribution in [0.25, 0.3) is 0 Å². The van der Waals surface area contributed by atoms with Gasteiger partial charge in [0.25, 0.3) is 0 Å². The Labute approximate surface area is 108 Å². The Morgan fingerprint density at radius 1 is 1.12 bits per heavy atom. The van der Waals surface area contributed by atoms with Crippen LogP contribution < -0.4 is 5.73 Å². The zero-order valence-electron chi connectivity index (χ0n) is 12.2. The molecule has 7 atom stereocenters. The molecule has 0 aliphatic heterocycles. The second-order valence-electron chi connectivity index (χ2n) is 6.95. The second kappa shape index (κ2) is 5.30. The normalized spacial score (nSPS) is 41.5.